The minimum Gasteiger partial charge on any atom is -0.370 e. The summed E-state index contributed by atoms with van der Waals surface area (Å²) in [5, 5.41) is 4.87. The lowest BCUT2D eigenvalue weighted by Gasteiger charge is -2.10. The molecule has 2 heterocycles. The second kappa shape index (κ2) is 6.06. The Hall–Kier alpha value is -2.20. The van der Waals surface area contributed by atoms with Crippen LogP contribution in [-0.2, 0) is 6.42 Å². The number of halogens is 1. The minimum atomic E-state index is 0.443. The zero-order valence-corrected chi connectivity index (χ0v) is 12.4. The Morgan fingerprint density at radius 2 is 2.05 bits per heavy atom. The summed E-state index contributed by atoms with van der Waals surface area (Å²) in [5.41, 5.74) is 3.59. The van der Waals surface area contributed by atoms with Crippen molar-refractivity contribution in [3.8, 4) is 0 Å². The van der Waals surface area contributed by atoms with Crippen molar-refractivity contribution in [2.24, 2.45) is 0 Å². The highest BCUT2D eigenvalue weighted by molar-refractivity contribution is 6.29. The van der Waals surface area contributed by atoms with Crippen molar-refractivity contribution < 1.29 is 0 Å². The summed E-state index contributed by atoms with van der Waals surface area (Å²) >= 11 is 5.83. The van der Waals surface area contributed by atoms with E-state index in [2.05, 4.69) is 45.4 Å². The van der Waals surface area contributed by atoms with Gasteiger partial charge in [-0.15, -0.1) is 0 Å². The Balaban J connectivity index is 1.72. The molecule has 0 radical (unpaired) electrons. The van der Waals surface area contributed by atoms with Gasteiger partial charge in [-0.2, -0.15) is 0 Å². The van der Waals surface area contributed by atoms with Crippen molar-refractivity contribution in [3.63, 3.8) is 0 Å². The molecule has 0 saturated carbocycles. The third kappa shape index (κ3) is 3.11. The maximum absolute atomic E-state index is 5.83. The number of benzene rings is 1. The van der Waals surface area contributed by atoms with Crippen molar-refractivity contribution in [1.29, 1.82) is 0 Å². The number of aromatic nitrogens is 3. The van der Waals surface area contributed by atoms with Crippen LogP contribution < -0.4 is 5.32 Å². The predicted molar refractivity (Wildman–Crippen MR) is 85.7 cm³/mol. The molecule has 0 spiro atoms. The molecule has 0 saturated heterocycles. The highest BCUT2D eigenvalue weighted by Crippen LogP contribution is 2.20. The SMILES string of the molecule is Cc1c(CCNc2cc(Cl)ncn2)ccc2cccnc12. The summed E-state index contributed by atoms with van der Waals surface area (Å²) in [6.45, 7) is 2.90. The van der Waals surface area contributed by atoms with Crippen LogP contribution in [0.3, 0.4) is 0 Å². The molecule has 1 N–H and O–H groups in total. The van der Waals surface area contributed by atoms with Crippen molar-refractivity contribution in [1.82, 2.24) is 15.0 Å². The first-order chi connectivity index (χ1) is 10.2. The topological polar surface area (TPSA) is 50.7 Å². The molecule has 0 atom stereocenters. The van der Waals surface area contributed by atoms with E-state index in [4.69, 9.17) is 11.6 Å². The fourth-order valence-electron chi connectivity index (χ4n) is 2.36. The van der Waals surface area contributed by atoms with E-state index in [1.165, 1.54) is 22.8 Å². The van der Waals surface area contributed by atoms with E-state index in [-0.39, 0.29) is 0 Å². The summed E-state index contributed by atoms with van der Waals surface area (Å²) in [6.07, 6.45) is 4.19. The molecule has 1 aromatic carbocycles. The highest BCUT2D eigenvalue weighted by atomic mass is 35.5. The molecule has 2 aromatic heterocycles. The minimum absolute atomic E-state index is 0.443. The number of rotatable bonds is 4. The average Bonchev–Trinajstić information content (AvgIpc) is 2.50. The summed E-state index contributed by atoms with van der Waals surface area (Å²) in [4.78, 5) is 12.4. The van der Waals surface area contributed by atoms with E-state index in [0.717, 1.165) is 24.3 Å². The lowest BCUT2D eigenvalue weighted by Crippen LogP contribution is -2.07. The molecule has 3 aromatic rings. The number of aryl methyl sites for hydroxylation is 1. The van der Waals surface area contributed by atoms with Crippen molar-refractivity contribution in [3.05, 3.63) is 59.1 Å². The van der Waals surface area contributed by atoms with Gasteiger partial charge < -0.3 is 5.32 Å². The molecule has 3 rings (SSSR count). The zero-order valence-electron chi connectivity index (χ0n) is 11.7. The van der Waals surface area contributed by atoms with Gasteiger partial charge in [0.1, 0.15) is 17.3 Å². The molecule has 0 aliphatic rings. The molecule has 106 valence electrons. The van der Waals surface area contributed by atoms with Crippen LogP contribution in [0.1, 0.15) is 11.1 Å². The molecule has 0 aliphatic heterocycles. The first kappa shape index (κ1) is 13.8. The number of anilines is 1. The van der Waals surface area contributed by atoms with Gasteiger partial charge in [0.2, 0.25) is 0 Å². The third-order valence-electron chi connectivity index (χ3n) is 3.47. The number of pyridine rings is 1. The molecule has 0 amide bonds. The second-order valence-corrected chi connectivity index (χ2v) is 5.21. The Bertz CT molecular complexity index is 773. The number of hydrogen-bond donors (Lipinski definition) is 1. The summed E-state index contributed by atoms with van der Waals surface area (Å²) in [6, 6.07) is 10.0. The largest absolute Gasteiger partial charge is 0.370 e. The van der Waals surface area contributed by atoms with Gasteiger partial charge in [-0.25, -0.2) is 9.97 Å². The molecule has 21 heavy (non-hydrogen) atoms. The molecule has 0 fully saturated rings. The van der Waals surface area contributed by atoms with E-state index < -0.39 is 0 Å². The third-order valence-corrected chi connectivity index (χ3v) is 3.68. The molecule has 0 bridgehead atoms. The lowest BCUT2D eigenvalue weighted by molar-refractivity contribution is 0.990. The monoisotopic (exact) mass is 298 g/mol. The molecule has 0 aliphatic carbocycles. The van der Waals surface area contributed by atoms with Gasteiger partial charge in [0.15, 0.2) is 0 Å². The summed E-state index contributed by atoms with van der Waals surface area (Å²) < 4.78 is 0. The molecule has 5 heteroatoms. The van der Waals surface area contributed by atoms with Gasteiger partial charge in [-0.05, 0) is 30.5 Å². The second-order valence-electron chi connectivity index (χ2n) is 4.83. The number of nitrogens with zero attached hydrogens (tertiary/aromatic N) is 3. The van der Waals surface area contributed by atoms with Crippen LogP contribution in [0.4, 0.5) is 5.82 Å². The Labute approximate surface area is 128 Å². The van der Waals surface area contributed by atoms with E-state index >= 15 is 0 Å². The van der Waals surface area contributed by atoms with Crippen LogP contribution in [0.2, 0.25) is 5.15 Å². The number of hydrogen-bond acceptors (Lipinski definition) is 4. The molecule has 0 unspecified atom stereocenters. The fraction of sp³-hybridized carbons (Fsp3) is 0.188. The van der Waals surface area contributed by atoms with E-state index in [9.17, 15) is 0 Å². The summed E-state index contributed by atoms with van der Waals surface area (Å²) in [7, 11) is 0. The van der Waals surface area contributed by atoms with E-state index in [0.29, 0.717) is 5.15 Å². The Morgan fingerprint density at radius 1 is 1.14 bits per heavy atom. The quantitative estimate of drug-likeness (QED) is 0.747. The molecular formula is C16H15ClN4. The maximum Gasteiger partial charge on any atom is 0.134 e. The lowest BCUT2D eigenvalue weighted by atomic mass is 10.0. The summed E-state index contributed by atoms with van der Waals surface area (Å²) in [5.74, 6) is 0.742. The first-order valence-corrected chi connectivity index (χ1v) is 7.16. The first-order valence-electron chi connectivity index (χ1n) is 6.78. The highest BCUT2D eigenvalue weighted by Gasteiger charge is 2.04. The molecular weight excluding hydrogens is 284 g/mol. The predicted octanol–water partition coefficient (Wildman–Crippen LogP) is 3.64. The van der Waals surface area contributed by atoms with Gasteiger partial charge in [0, 0.05) is 24.2 Å². The smallest absolute Gasteiger partial charge is 0.134 e. The van der Waals surface area contributed by atoms with Gasteiger partial charge >= 0.3 is 0 Å². The Morgan fingerprint density at radius 3 is 2.90 bits per heavy atom. The van der Waals surface area contributed by atoms with Crippen LogP contribution in [0.5, 0.6) is 0 Å². The van der Waals surface area contributed by atoms with Gasteiger partial charge in [-0.3, -0.25) is 4.98 Å². The maximum atomic E-state index is 5.83. The molecule has 4 nitrogen and oxygen atoms in total. The van der Waals surface area contributed by atoms with Crippen molar-refractivity contribution in [2.45, 2.75) is 13.3 Å². The van der Waals surface area contributed by atoms with Gasteiger partial charge in [0.25, 0.3) is 0 Å². The zero-order chi connectivity index (χ0) is 14.7. The van der Waals surface area contributed by atoms with Crippen LogP contribution in [0.25, 0.3) is 10.9 Å². The number of nitrogens with one attached hydrogen (secondary N) is 1. The average molecular weight is 299 g/mol. The van der Waals surface area contributed by atoms with Gasteiger partial charge in [0.05, 0.1) is 5.52 Å². The fourth-order valence-corrected chi connectivity index (χ4v) is 2.51. The van der Waals surface area contributed by atoms with Crippen molar-refractivity contribution >= 4 is 28.3 Å². The normalized spacial score (nSPS) is 10.8. The van der Waals surface area contributed by atoms with Crippen LogP contribution in [-0.4, -0.2) is 21.5 Å². The van der Waals surface area contributed by atoms with E-state index in [1.54, 1.807) is 6.07 Å². The van der Waals surface area contributed by atoms with Crippen LogP contribution >= 0.6 is 11.6 Å². The van der Waals surface area contributed by atoms with Gasteiger partial charge in [-0.1, -0.05) is 29.8 Å². The Kier molecular flexibility index (Phi) is 3.97. The van der Waals surface area contributed by atoms with Crippen molar-refractivity contribution in [2.75, 3.05) is 11.9 Å². The van der Waals surface area contributed by atoms with Crippen LogP contribution in [0, 0.1) is 6.92 Å². The standard InChI is InChI=1S/C16H15ClN4/c1-11-12(4-5-13-3-2-7-19-16(11)13)6-8-18-15-9-14(17)20-10-21-15/h2-5,7,9-10H,6,8H2,1H3,(H,18,20,21). The number of fused-ring (bicyclic) bond motifs is 1. The van der Waals surface area contributed by atoms with Crippen LogP contribution in [0.15, 0.2) is 42.9 Å². The van der Waals surface area contributed by atoms with E-state index in [1.807, 2.05) is 12.3 Å².